The lowest BCUT2D eigenvalue weighted by molar-refractivity contribution is 0.660. The van der Waals surface area contributed by atoms with Crippen molar-refractivity contribution in [1.29, 1.82) is 0 Å². The van der Waals surface area contributed by atoms with Gasteiger partial charge in [-0.15, -0.1) is 11.3 Å². The number of aromatic nitrogens is 3. The van der Waals surface area contributed by atoms with Gasteiger partial charge in [-0.05, 0) is 75.5 Å². The molecule has 0 aliphatic heterocycles. The second-order valence-corrected chi connectivity index (χ2v) is 16.3. The quantitative estimate of drug-likeness (QED) is 0.170. The second-order valence-electron chi connectivity index (χ2n) is 15.2. The minimum atomic E-state index is -0.0982. The van der Waals surface area contributed by atoms with Crippen molar-refractivity contribution in [2.24, 2.45) is 0 Å². The lowest BCUT2D eigenvalue weighted by Gasteiger charge is -2.28. The first-order chi connectivity index (χ1) is 28.0. The molecule has 0 amide bonds. The van der Waals surface area contributed by atoms with Crippen molar-refractivity contribution in [1.82, 2.24) is 15.0 Å². The van der Waals surface area contributed by atoms with Gasteiger partial charge in [0.25, 0.3) is 0 Å². The van der Waals surface area contributed by atoms with Crippen LogP contribution in [0.3, 0.4) is 0 Å². The fourth-order valence-electron chi connectivity index (χ4n) is 8.75. The molecule has 0 N–H and O–H groups in total. The average molecular weight is 749 g/mol. The molecule has 2 aromatic heterocycles. The van der Waals surface area contributed by atoms with Gasteiger partial charge in [-0.1, -0.05) is 153 Å². The molecule has 0 bridgehead atoms. The van der Waals surface area contributed by atoms with Crippen molar-refractivity contribution in [2.45, 2.75) is 19.3 Å². The van der Waals surface area contributed by atoms with Crippen molar-refractivity contribution < 1.29 is 0 Å². The van der Waals surface area contributed by atoms with E-state index < -0.39 is 0 Å². The highest BCUT2D eigenvalue weighted by atomic mass is 32.1. The van der Waals surface area contributed by atoms with E-state index in [0.29, 0.717) is 17.5 Å². The third kappa shape index (κ3) is 5.46. The molecule has 4 nitrogen and oxygen atoms in total. The van der Waals surface area contributed by atoms with E-state index in [1.165, 1.54) is 37.0 Å². The van der Waals surface area contributed by atoms with Gasteiger partial charge in [0.05, 0.1) is 0 Å². The number of nitrogens with zero attached hydrogens (tertiary/aromatic N) is 4. The van der Waals surface area contributed by atoms with Crippen molar-refractivity contribution in [3.05, 3.63) is 193 Å². The molecule has 0 saturated heterocycles. The number of thiophene rings is 1. The molecule has 11 rings (SSSR count). The summed E-state index contributed by atoms with van der Waals surface area (Å²) < 4.78 is 2.40. The molecule has 2 heterocycles. The summed E-state index contributed by atoms with van der Waals surface area (Å²) in [5, 5.41) is 4.60. The molecule has 0 unspecified atom stereocenters. The Morgan fingerprint density at radius 2 is 1.04 bits per heavy atom. The van der Waals surface area contributed by atoms with E-state index in [1.54, 1.807) is 0 Å². The zero-order valence-corrected chi connectivity index (χ0v) is 32.3. The van der Waals surface area contributed by atoms with Crippen LogP contribution in [0.5, 0.6) is 0 Å². The third-order valence-electron chi connectivity index (χ3n) is 11.5. The van der Waals surface area contributed by atoms with Crippen LogP contribution >= 0.6 is 11.3 Å². The molecule has 0 saturated carbocycles. The first-order valence-corrected chi connectivity index (χ1v) is 20.2. The molecular formula is C52H36N4S. The summed E-state index contributed by atoms with van der Waals surface area (Å²) in [4.78, 5) is 17.9. The summed E-state index contributed by atoms with van der Waals surface area (Å²) in [5.41, 5.74) is 11.6. The Hall–Kier alpha value is -6.95. The Kier molecular flexibility index (Phi) is 7.66. The molecule has 0 spiro atoms. The van der Waals surface area contributed by atoms with E-state index in [0.717, 1.165) is 49.9 Å². The highest BCUT2D eigenvalue weighted by molar-refractivity contribution is 7.26. The van der Waals surface area contributed by atoms with Crippen LogP contribution in [-0.2, 0) is 5.41 Å². The van der Waals surface area contributed by atoms with Crippen LogP contribution in [0, 0.1) is 0 Å². The number of anilines is 3. The van der Waals surface area contributed by atoms with Crippen molar-refractivity contribution in [3.8, 4) is 45.3 Å². The van der Waals surface area contributed by atoms with Crippen molar-refractivity contribution in [3.63, 3.8) is 0 Å². The lowest BCUT2D eigenvalue weighted by atomic mass is 9.82. The topological polar surface area (TPSA) is 41.9 Å². The van der Waals surface area contributed by atoms with Gasteiger partial charge in [0.1, 0.15) is 0 Å². The molecule has 1 aliphatic carbocycles. The predicted molar refractivity (Wildman–Crippen MR) is 239 cm³/mol. The average Bonchev–Trinajstić information content (AvgIpc) is 3.75. The van der Waals surface area contributed by atoms with Crippen LogP contribution in [0.2, 0.25) is 0 Å². The van der Waals surface area contributed by atoms with E-state index in [-0.39, 0.29) is 5.41 Å². The van der Waals surface area contributed by atoms with E-state index >= 15 is 0 Å². The Labute approximate surface area is 335 Å². The maximum atomic E-state index is 5.24. The third-order valence-corrected chi connectivity index (χ3v) is 12.6. The van der Waals surface area contributed by atoms with Gasteiger partial charge in [0.2, 0.25) is 0 Å². The summed E-state index contributed by atoms with van der Waals surface area (Å²) in [7, 11) is 0. The number of fused-ring (bicyclic) bond motifs is 7. The first-order valence-electron chi connectivity index (χ1n) is 19.4. The van der Waals surface area contributed by atoms with Gasteiger partial charge in [-0.2, -0.15) is 0 Å². The number of hydrogen-bond donors (Lipinski definition) is 0. The largest absolute Gasteiger partial charge is 0.310 e. The predicted octanol–water partition coefficient (Wildman–Crippen LogP) is 14.2. The molecule has 270 valence electrons. The Morgan fingerprint density at radius 3 is 1.89 bits per heavy atom. The van der Waals surface area contributed by atoms with E-state index in [9.17, 15) is 0 Å². The molecule has 1 aliphatic rings. The van der Waals surface area contributed by atoms with Crippen LogP contribution in [-0.4, -0.2) is 15.0 Å². The van der Waals surface area contributed by atoms with Gasteiger partial charge >= 0.3 is 0 Å². The molecular weight excluding hydrogens is 713 g/mol. The fraction of sp³-hybridized carbons (Fsp3) is 0.0577. The second kappa shape index (κ2) is 13.1. The van der Waals surface area contributed by atoms with E-state index in [1.807, 2.05) is 29.5 Å². The number of rotatable bonds is 6. The Bertz CT molecular complexity index is 3160. The minimum absolute atomic E-state index is 0.0982. The Morgan fingerprint density at radius 1 is 0.421 bits per heavy atom. The zero-order chi connectivity index (χ0) is 38.1. The van der Waals surface area contributed by atoms with Crippen molar-refractivity contribution in [2.75, 3.05) is 4.90 Å². The van der Waals surface area contributed by atoms with Gasteiger partial charge in [-0.25, -0.2) is 15.0 Å². The smallest absolute Gasteiger partial charge is 0.164 e. The van der Waals surface area contributed by atoms with Gasteiger partial charge in [0.15, 0.2) is 17.5 Å². The maximum absolute atomic E-state index is 5.24. The van der Waals surface area contributed by atoms with Gasteiger partial charge < -0.3 is 4.90 Å². The Balaban J connectivity index is 1.08. The SMILES string of the molecule is CC1(C)c2ccccc2-c2ccc(N(c3ccccc3)c3ccc4c(c3)sc3cccc(-c5nc(-c6ccccc6)nc(-c6cccc7ccccc67)n5)c34)cc21. The first kappa shape index (κ1) is 33.4. The molecule has 5 heteroatoms. The summed E-state index contributed by atoms with van der Waals surface area (Å²) in [6.45, 7) is 4.69. The van der Waals surface area contributed by atoms with Crippen LogP contribution < -0.4 is 4.90 Å². The summed E-state index contributed by atoms with van der Waals surface area (Å²) in [6, 6.07) is 64.8. The van der Waals surface area contributed by atoms with E-state index in [2.05, 4.69) is 183 Å². The molecule has 0 atom stereocenters. The normalized spacial score (nSPS) is 12.9. The number of hydrogen-bond acceptors (Lipinski definition) is 5. The molecule has 57 heavy (non-hydrogen) atoms. The highest BCUT2D eigenvalue weighted by Gasteiger charge is 2.35. The lowest BCUT2D eigenvalue weighted by Crippen LogP contribution is -2.16. The summed E-state index contributed by atoms with van der Waals surface area (Å²) in [5.74, 6) is 1.98. The van der Waals surface area contributed by atoms with E-state index in [4.69, 9.17) is 15.0 Å². The molecule has 0 fully saturated rings. The molecule has 0 radical (unpaired) electrons. The van der Waals surface area contributed by atoms with Crippen LogP contribution in [0.25, 0.3) is 76.2 Å². The summed E-state index contributed by atoms with van der Waals surface area (Å²) in [6.07, 6.45) is 0. The van der Waals surface area contributed by atoms with Crippen LogP contribution in [0.1, 0.15) is 25.0 Å². The standard InChI is InChI=1S/C52H36N4S/c1-52(2)44-25-12-11-22-39(44)40-29-27-36(31-45(40)52)56(35-19-7-4-8-20-35)37-28-30-42-47(32-37)57-46-26-14-24-43(48(42)46)51-54-49(34-16-5-3-6-17-34)53-50(55-51)41-23-13-18-33-15-9-10-21-38(33)41/h3-32H,1-2H3. The maximum Gasteiger partial charge on any atom is 0.164 e. The van der Waals surface area contributed by atoms with Crippen LogP contribution in [0.4, 0.5) is 17.1 Å². The summed E-state index contributed by atoms with van der Waals surface area (Å²) >= 11 is 1.81. The minimum Gasteiger partial charge on any atom is -0.310 e. The fourth-order valence-corrected chi connectivity index (χ4v) is 9.91. The number of para-hydroxylation sites is 1. The van der Waals surface area contributed by atoms with Gasteiger partial charge in [0, 0.05) is 59.3 Å². The zero-order valence-electron chi connectivity index (χ0n) is 31.5. The monoisotopic (exact) mass is 748 g/mol. The number of benzene rings is 8. The van der Waals surface area contributed by atoms with Gasteiger partial charge in [-0.3, -0.25) is 0 Å². The molecule has 10 aromatic rings. The highest BCUT2D eigenvalue weighted by Crippen LogP contribution is 2.51. The van der Waals surface area contributed by atoms with Crippen molar-refractivity contribution >= 4 is 59.3 Å². The van der Waals surface area contributed by atoms with Crippen LogP contribution in [0.15, 0.2) is 182 Å². The molecule has 8 aromatic carbocycles.